The van der Waals surface area contributed by atoms with Crippen molar-refractivity contribution in [2.45, 2.75) is 19.3 Å². The van der Waals surface area contributed by atoms with E-state index in [1.54, 1.807) is 4.90 Å². The lowest BCUT2D eigenvalue weighted by Crippen LogP contribution is -2.45. The molecule has 0 spiro atoms. The molecule has 0 atom stereocenters. The van der Waals surface area contributed by atoms with Gasteiger partial charge in [0.25, 0.3) is 0 Å². The maximum absolute atomic E-state index is 11.4. The van der Waals surface area contributed by atoms with Crippen molar-refractivity contribution in [1.29, 1.82) is 0 Å². The molecule has 0 bridgehead atoms. The Morgan fingerprint density at radius 2 is 1.86 bits per heavy atom. The minimum absolute atomic E-state index is 0.137. The van der Waals surface area contributed by atoms with Gasteiger partial charge >= 0.3 is 11.8 Å². The van der Waals surface area contributed by atoms with Crippen LogP contribution in [0.4, 0.5) is 0 Å². The number of piperidine rings is 1. The Hall–Kier alpha value is -1.10. The maximum Gasteiger partial charge on any atom is 0.311 e. The minimum atomic E-state index is -0.610. The number of rotatable bonds is 2. The van der Waals surface area contributed by atoms with Gasteiger partial charge < -0.3 is 15.3 Å². The average molecular weight is 200 g/mol. The number of carbonyl (C=O) groups excluding carboxylic acids is 2. The van der Waals surface area contributed by atoms with Crippen molar-refractivity contribution in [3.05, 3.63) is 0 Å². The summed E-state index contributed by atoms with van der Waals surface area (Å²) in [5.41, 5.74) is 0. The lowest BCUT2D eigenvalue weighted by atomic mass is 10.1. The maximum atomic E-state index is 11.4. The highest BCUT2D eigenvalue weighted by Crippen LogP contribution is 2.08. The van der Waals surface area contributed by atoms with Crippen molar-refractivity contribution in [1.82, 2.24) is 10.2 Å². The third-order valence-corrected chi connectivity index (χ3v) is 2.23. The average Bonchev–Trinajstić information content (AvgIpc) is 2.26. The van der Waals surface area contributed by atoms with Crippen LogP contribution < -0.4 is 5.32 Å². The van der Waals surface area contributed by atoms with Gasteiger partial charge in [0.15, 0.2) is 0 Å². The number of nitrogens with one attached hydrogen (secondary N) is 1. The van der Waals surface area contributed by atoms with E-state index in [1.807, 2.05) is 0 Å². The molecule has 14 heavy (non-hydrogen) atoms. The summed E-state index contributed by atoms with van der Waals surface area (Å²) < 4.78 is 0. The van der Waals surface area contributed by atoms with Gasteiger partial charge in [0.2, 0.25) is 0 Å². The van der Waals surface area contributed by atoms with Crippen molar-refractivity contribution in [2.24, 2.45) is 0 Å². The Kier molecular flexibility index (Phi) is 4.39. The largest absolute Gasteiger partial charge is 0.395 e. The summed E-state index contributed by atoms with van der Waals surface area (Å²) in [6, 6.07) is 0. The van der Waals surface area contributed by atoms with Gasteiger partial charge in [0.1, 0.15) is 0 Å². The van der Waals surface area contributed by atoms with Crippen LogP contribution in [0.1, 0.15) is 19.3 Å². The van der Waals surface area contributed by atoms with Crippen molar-refractivity contribution < 1.29 is 14.7 Å². The van der Waals surface area contributed by atoms with Crippen LogP contribution >= 0.6 is 0 Å². The fourth-order valence-electron chi connectivity index (χ4n) is 1.49. The number of hydrogen-bond acceptors (Lipinski definition) is 3. The van der Waals surface area contributed by atoms with Crippen molar-refractivity contribution in [2.75, 3.05) is 26.2 Å². The minimum Gasteiger partial charge on any atom is -0.395 e. The predicted molar refractivity (Wildman–Crippen MR) is 50.5 cm³/mol. The van der Waals surface area contributed by atoms with Crippen LogP contribution in [0.2, 0.25) is 0 Å². The monoisotopic (exact) mass is 200 g/mol. The topological polar surface area (TPSA) is 69.6 Å². The van der Waals surface area contributed by atoms with E-state index in [1.165, 1.54) is 0 Å². The fraction of sp³-hybridized carbons (Fsp3) is 0.778. The molecule has 0 unspecified atom stereocenters. The van der Waals surface area contributed by atoms with Crippen LogP contribution in [0.25, 0.3) is 0 Å². The molecule has 1 heterocycles. The van der Waals surface area contributed by atoms with Crippen LogP contribution in [0.3, 0.4) is 0 Å². The Morgan fingerprint density at radius 3 is 2.43 bits per heavy atom. The summed E-state index contributed by atoms with van der Waals surface area (Å²) in [5, 5.41) is 10.8. The third kappa shape index (κ3) is 2.99. The number of aliphatic hydroxyl groups excluding tert-OH is 1. The summed E-state index contributed by atoms with van der Waals surface area (Å²) >= 11 is 0. The quantitative estimate of drug-likeness (QED) is 0.568. The third-order valence-electron chi connectivity index (χ3n) is 2.23. The van der Waals surface area contributed by atoms with Crippen LogP contribution in [0.5, 0.6) is 0 Å². The lowest BCUT2D eigenvalue weighted by molar-refractivity contribution is -0.146. The molecule has 1 rings (SSSR count). The molecule has 0 radical (unpaired) electrons. The highest BCUT2D eigenvalue weighted by molar-refractivity contribution is 6.35. The van der Waals surface area contributed by atoms with Gasteiger partial charge in [0, 0.05) is 19.6 Å². The molecule has 5 nitrogen and oxygen atoms in total. The van der Waals surface area contributed by atoms with Crippen LogP contribution in [-0.2, 0) is 9.59 Å². The summed E-state index contributed by atoms with van der Waals surface area (Å²) in [5.74, 6) is -1.08. The van der Waals surface area contributed by atoms with Gasteiger partial charge in [-0.3, -0.25) is 9.59 Å². The zero-order valence-corrected chi connectivity index (χ0v) is 8.16. The highest BCUT2D eigenvalue weighted by atomic mass is 16.3. The van der Waals surface area contributed by atoms with E-state index in [9.17, 15) is 9.59 Å². The first-order valence-corrected chi connectivity index (χ1v) is 4.93. The zero-order chi connectivity index (χ0) is 10.4. The summed E-state index contributed by atoms with van der Waals surface area (Å²) in [4.78, 5) is 24.2. The van der Waals surface area contributed by atoms with E-state index in [2.05, 4.69) is 5.32 Å². The van der Waals surface area contributed by atoms with E-state index in [0.29, 0.717) is 13.1 Å². The van der Waals surface area contributed by atoms with E-state index in [4.69, 9.17) is 5.11 Å². The lowest BCUT2D eigenvalue weighted by Gasteiger charge is -2.25. The second-order valence-electron chi connectivity index (χ2n) is 3.33. The van der Waals surface area contributed by atoms with E-state index >= 15 is 0 Å². The highest BCUT2D eigenvalue weighted by Gasteiger charge is 2.22. The predicted octanol–water partition coefficient (Wildman–Crippen LogP) is -0.893. The van der Waals surface area contributed by atoms with Crippen LogP contribution in [0, 0.1) is 0 Å². The van der Waals surface area contributed by atoms with E-state index < -0.39 is 11.8 Å². The number of likely N-dealkylation sites (tertiary alicyclic amines) is 1. The number of hydrogen-bond donors (Lipinski definition) is 2. The zero-order valence-electron chi connectivity index (χ0n) is 8.16. The first-order valence-electron chi connectivity index (χ1n) is 4.93. The molecule has 2 N–H and O–H groups in total. The van der Waals surface area contributed by atoms with E-state index in [-0.39, 0.29) is 13.2 Å². The Bertz CT molecular complexity index is 212. The standard InChI is InChI=1S/C9H16N2O3/c12-7-4-10-8(13)9(14)11-5-2-1-3-6-11/h12H,1-7H2,(H,10,13). The molecule has 0 aromatic carbocycles. The second-order valence-corrected chi connectivity index (χ2v) is 3.33. The normalized spacial score (nSPS) is 16.5. The van der Waals surface area contributed by atoms with Crippen LogP contribution in [0.15, 0.2) is 0 Å². The van der Waals surface area contributed by atoms with Gasteiger partial charge in [-0.15, -0.1) is 0 Å². The molecule has 5 heteroatoms. The van der Waals surface area contributed by atoms with Gasteiger partial charge in [-0.1, -0.05) is 0 Å². The van der Waals surface area contributed by atoms with Gasteiger partial charge in [-0.25, -0.2) is 0 Å². The molecule has 0 aromatic heterocycles. The van der Waals surface area contributed by atoms with Gasteiger partial charge in [-0.2, -0.15) is 0 Å². The van der Waals surface area contributed by atoms with Crippen molar-refractivity contribution in [3.8, 4) is 0 Å². The first kappa shape index (κ1) is 11.0. The molecule has 0 aromatic rings. The number of aliphatic hydroxyl groups is 1. The summed E-state index contributed by atoms with van der Waals surface area (Å²) in [7, 11) is 0. The SMILES string of the molecule is O=C(NCCO)C(=O)N1CCCCC1. The summed E-state index contributed by atoms with van der Waals surface area (Å²) in [6.07, 6.45) is 3.07. The summed E-state index contributed by atoms with van der Waals surface area (Å²) in [6.45, 7) is 1.34. The Labute approximate surface area is 83.1 Å². The number of nitrogens with zero attached hydrogens (tertiary/aromatic N) is 1. The molecule has 2 amide bonds. The Balaban J connectivity index is 2.34. The van der Waals surface area contributed by atoms with Gasteiger partial charge in [0.05, 0.1) is 6.61 Å². The molecule has 80 valence electrons. The molecule has 0 aliphatic carbocycles. The molecule has 1 saturated heterocycles. The molecule has 1 aliphatic heterocycles. The molecule has 0 saturated carbocycles. The molecular weight excluding hydrogens is 184 g/mol. The smallest absolute Gasteiger partial charge is 0.311 e. The fourth-order valence-corrected chi connectivity index (χ4v) is 1.49. The molecule has 1 aliphatic rings. The van der Waals surface area contributed by atoms with E-state index in [0.717, 1.165) is 19.3 Å². The number of carbonyl (C=O) groups is 2. The van der Waals surface area contributed by atoms with Crippen LogP contribution in [-0.4, -0.2) is 48.1 Å². The van der Waals surface area contributed by atoms with Gasteiger partial charge in [-0.05, 0) is 19.3 Å². The van der Waals surface area contributed by atoms with Crippen molar-refractivity contribution >= 4 is 11.8 Å². The van der Waals surface area contributed by atoms with Crippen molar-refractivity contribution in [3.63, 3.8) is 0 Å². The second kappa shape index (κ2) is 5.59. The first-order chi connectivity index (χ1) is 6.75. The molecule has 1 fully saturated rings. The Morgan fingerprint density at radius 1 is 1.21 bits per heavy atom. The molecular formula is C9H16N2O3. The number of amides is 2.